The van der Waals surface area contributed by atoms with Crippen LogP contribution in [0.4, 0.5) is 5.69 Å². The molecule has 0 saturated carbocycles. The van der Waals surface area contributed by atoms with E-state index in [0.29, 0.717) is 25.9 Å². The van der Waals surface area contributed by atoms with E-state index in [1.165, 1.54) is 0 Å². The van der Waals surface area contributed by atoms with Crippen molar-refractivity contribution in [3.63, 3.8) is 0 Å². The lowest BCUT2D eigenvalue weighted by Crippen LogP contribution is -2.47. The first kappa shape index (κ1) is 16.4. The molecule has 0 radical (unpaired) electrons. The molecule has 7 nitrogen and oxygen atoms in total. The van der Waals surface area contributed by atoms with E-state index in [4.69, 9.17) is 10.5 Å². The van der Waals surface area contributed by atoms with Crippen LogP contribution in [0.1, 0.15) is 12.8 Å². The Bertz CT molecular complexity index is 853. The first-order valence-electron chi connectivity index (χ1n) is 8.59. The lowest BCUT2D eigenvalue weighted by molar-refractivity contribution is -0.119. The second kappa shape index (κ2) is 6.33. The Morgan fingerprint density at radius 2 is 2.12 bits per heavy atom. The Kier molecular flexibility index (Phi) is 3.99. The molecule has 7 heteroatoms. The van der Waals surface area contributed by atoms with Crippen molar-refractivity contribution in [2.75, 3.05) is 25.6 Å². The molecule has 1 aromatic carbocycles. The van der Waals surface area contributed by atoms with Crippen LogP contribution >= 0.6 is 0 Å². The number of hydrogen-bond acceptors (Lipinski definition) is 7. The Balaban J connectivity index is 1.69. The van der Waals surface area contributed by atoms with E-state index in [2.05, 4.69) is 15.4 Å². The van der Waals surface area contributed by atoms with Crippen molar-refractivity contribution in [3.05, 3.63) is 48.2 Å². The molecule has 1 aromatic rings. The van der Waals surface area contributed by atoms with Gasteiger partial charge in [-0.25, -0.2) is 4.99 Å². The molecule has 3 aliphatic rings. The number of nitrogens with two attached hydrogens (primary N) is 1. The number of aliphatic imine (C=N–C) groups is 2. The zero-order chi connectivity index (χ0) is 18.1. The summed E-state index contributed by atoms with van der Waals surface area (Å²) in [5.74, 6) is 1.26. The Hall–Kier alpha value is -3.09. The van der Waals surface area contributed by atoms with Gasteiger partial charge in [0.1, 0.15) is 11.5 Å². The fourth-order valence-electron chi connectivity index (χ4n) is 3.67. The average molecular weight is 351 g/mol. The van der Waals surface area contributed by atoms with Crippen LogP contribution in [0.3, 0.4) is 0 Å². The summed E-state index contributed by atoms with van der Waals surface area (Å²) < 4.78 is 5.21. The number of guanidine groups is 1. The third-order valence-electron chi connectivity index (χ3n) is 4.99. The highest BCUT2D eigenvalue weighted by Crippen LogP contribution is 2.42. The molecule has 0 amide bonds. The van der Waals surface area contributed by atoms with E-state index < -0.39 is 5.41 Å². The summed E-state index contributed by atoms with van der Waals surface area (Å²) in [4.78, 5) is 21.2. The van der Waals surface area contributed by atoms with Crippen LogP contribution in [-0.2, 0) is 4.79 Å². The summed E-state index contributed by atoms with van der Waals surface area (Å²) in [6, 6.07) is 7.69. The minimum Gasteiger partial charge on any atom is -0.497 e. The van der Waals surface area contributed by atoms with E-state index in [-0.39, 0.29) is 11.7 Å². The summed E-state index contributed by atoms with van der Waals surface area (Å²) in [5.41, 5.74) is 11.4. The van der Waals surface area contributed by atoms with Crippen LogP contribution in [0.25, 0.3) is 0 Å². The molecule has 2 heterocycles. The van der Waals surface area contributed by atoms with E-state index >= 15 is 0 Å². The van der Waals surface area contributed by atoms with Crippen LogP contribution in [0.5, 0.6) is 5.75 Å². The highest BCUT2D eigenvalue weighted by atomic mass is 16.5. The molecule has 1 spiro atoms. The van der Waals surface area contributed by atoms with Gasteiger partial charge in [-0.15, -0.1) is 0 Å². The van der Waals surface area contributed by atoms with E-state index in [0.717, 1.165) is 22.8 Å². The molecule has 3 N–H and O–H groups in total. The van der Waals surface area contributed by atoms with Gasteiger partial charge in [0.05, 0.1) is 30.5 Å². The van der Waals surface area contributed by atoms with Gasteiger partial charge in [0, 0.05) is 25.1 Å². The lowest BCUT2D eigenvalue weighted by atomic mass is 9.72. The number of hydrazine groups is 1. The fourth-order valence-corrected chi connectivity index (χ4v) is 3.67. The normalized spacial score (nSPS) is 24.6. The molecule has 0 aromatic heterocycles. The zero-order valence-corrected chi connectivity index (χ0v) is 14.6. The molecule has 4 rings (SSSR count). The monoisotopic (exact) mass is 351 g/mol. The van der Waals surface area contributed by atoms with Crippen molar-refractivity contribution >= 4 is 23.1 Å². The molecular formula is C19H21N5O2. The van der Waals surface area contributed by atoms with Crippen LogP contribution in [0.15, 0.2) is 58.2 Å². The second-order valence-electron chi connectivity index (χ2n) is 6.62. The first-order valence-corrected chi connectivity index (χ1v) is 8.59. The van der Waals surface area contributed by atoms with Crippen LogP contribution in [-0.4, -0.2) is 42.7 Å². The van der Waals surface area contributed by atoms with E-state index in [9.17, 15) is 4.79 Å². The maximum atomic E-state index is 12.5. The SMILES string of the molecule is COc1ccc(NN2CCC(=O)CC34CN=C(N)N=C3C=CC=C24)cc1. The largest absolute Gasteiger partial charge is 0.497 e. The van der Waals surface area contributed by atoms with Crippen molar-refractivity contribution < 1.29 is 9.53 Å². The first-order chi connectivity index (χ1) is 12.6. The standard InChI is InChI=1S/C19H21N5O2/c1-26-15-7-5-13(6-8-15)23-24-10-9-14(25)11-19-12-21-18(20)22-16(19)3-2-4-17(19)24/h2-8,23H,9-12H2,1H3,(H2,20,21). The number of rotatable bonds is 3. The molecule has 1 fully saturated rings. The van der Waals surface area contributed by atoms with Gasteiger partial charge in [-0.1, -0.05) is 6.08 Å². The number of allylic oxidation sites excluding steroid dienone is 3. The van der Waals surface area contributed by atoms with Gasteiger partial charge < -0.3 is 10.5 Å². The molecule has 134 valence electrons. The molecule has 26 heavy (non-hydrogen) atoms. The van der Waals surface area contributed by atoms with Crippen LogP contribution < -0.4 is 15.9 Å². The number of benzene rings is 1. The van der Waals surface area contributed by atoms with Gasteiger partial charge in [0.2, 0.25) is 5.96 Å². The highest BCUT2D eigenvalue weighted by molar-refractivity contribution is 6.12. The minimum atomic E-state index is -0.551. The third kappa shape index (κ3) is 2.75. The molecule has 1 atom stereocenters. The van der Waals surface area contributed by atoms with Gasteiger partial charge in [0.15, 0.2) is 0 Å². The average Bonchev–Trinajstić information content (AvgIpc) is 2.78. The minimum absolute atomic E-state index is 0.202. The number of ether oxygens (including phenoxy) is 1. The summed E-state index contributed by atoms with van der Waals surface area (Å²) >= 11 is 0. The number of Topliss-reactive ketones (excluding diaryl/α,β-unsaturated/α-hetero) is 1. The van der Waals surface area contributed by atoms with Gasteiger partial charge in [-0.2, -0.15) is 0 Å². The number of hydrogen-bond donors (Lipinski definition) is 2. The number of carbonyl (C=O) groups is 1. The number of methoxy groups -OCH3 is 1. The Morgan fingerprint density at radius 3 is 2.88 bits per heavy atom. The maximum absolute atomic E-state index is 12.5. The van der Waals surface area contributed by atoms with Crippen molar-refractivity contribution in [3.8, 4) is 5.75 Å². The topological polar surface area (TPSA) is 92.3 Å². The molecule has 1 saturated heterocycles. The summed E-state index contributed by atoms with van der Waals surface area (Å²) in [5, 5.41) is 2.03. The molecule has 1 aliphatic carbocycles. The van der Waals surface area contributed by atoms with Crippen molar-refractivity contribution in [2.45, 2.75) is 12.8 Å². The van der Waals surface area contributed by atoms with Crippen LogP contribution in [0, 0.1) is 5.41 Å². The maximum Gasteiger partial charge on any atom is 0.215 e. The smallest absolute Gasteiger partial charge is 0.215 e. The Morgan fingerprint density at radius 1 is 1.31 bits per heavy atom. The van der Waals surface area contributed by atoms with Gasteiger partial charge in [0.25, 0.3) is 0 Å². The number of ketones is 1. The van der Waals surface area contributed by atoms with E-state index in [1.54, 1.807) is 7.11 Å². The number of carbonyl (C=O) groups excluding carboxylic acids is 1. The summed E-state index contributed by atoms with van der Waals surface area (Å²) in [7, 11) is 1.64. The number of nitrogens with zero attached hydrogens (tertiary/aromatic N) is 3. The van der Waals surface area contributed by atoms with Crippen molar-refractivity contribution in [1.29, 1.82) is 0 Å². The second-order valence-corrected chi connectivity index (χ2v) is 6.62. The quantitative estimate of drug-likeness (QED) is 0.868. The van der Waals surface area contributed by atoms with Crippen LogP contribution in [0.2, 0.25) is 0 Å². The zero-order valence-electron chi connectivity index (χ0n) is 14.6. The van der Waals surface area contributed by atoms with Gasteiger partial charge in [-0.3, -0.25) is 20.2 Å². The molecule has 1 unspecified atom stereocenters. The van der Waals surface area contributed by atoms with Crippen molar-refractivity contribution in [2.24, 2.45) is 21.1 Å². The highest BCUT2D eigenvalue weighted by Gasteiger charge is 2.47. The number of nitrogens with one attached hydrogen (secondary N) is 1. The third-order valence-corrected chi connectivity index (χ3v) is 4.99. The molecule has 2 aliphatic heterocycles. The predicted molar refractivity (Wildman–Crippen MR) is 101 cm³/mol. The summed E-state index contributed by atoms with van der Waals surface area (Å²) in [6.07, 6.45) is 6.76. The Labute approximate surface area is 151 Å². The number of anilines is 1. The fraction of sp³-hybridized carbons (Fsp3) is 0.316. The van der Waals surface area contributed by atoms with Gasteiger partial charge >= 0.3 is 0 Å². The summed E-state index contributed by atoms with van der Waals surface area (Å²) in [6.45, 7) is 1.01. The van der Waals surface area contributed by atoms with Crippen molar-refractivity contribution in [1.82, 2.24) is 5.01 Å². The molecular weight excluding hydrogens is 330 g/mol. The molecule has 0 bridgehead atoms. The predicted octanol–water partition coefficient (Wildman–Crippen LogP) is 1.90. The van der Waals surface area contributed by atoms with Gasteiger partial charge in [-0.05, 0) is 36.4 Å². The van der Waals surface area contributed by atoms with E-state index in [1.807, 2.05) is 47.5 Å². The lowest BCUT2D eigenvalue weighted by Gasteiger charge is -2.41.